The highest BCUT2D eigenvalue weighted by Crippen LogP contribution is 2.39. The molecule has 1 heterocycles. The third-order valence-corrected chi connectivity index (χ3v) is 3.82. The van der Waals surface area contributed by atoms with Gasteiger partial charge in [-0.25, -0.2) is 14.0 Å². The highest BCUT2D eigenvalue weighted by atomic mass is 79.9. The van der Waals surface area contributed by atoms with Crippen molar-refractivity contribution in [1.82, 2.24) is 0 Å². The third-order valence-electron chi connectivity index (χ3n) is 3.24. The summed E-state index contributed by atoms with van der Waals surface area (Å²) in [7, 11) is 2.19. The van der Waals surface area contributed by atoms with Crippen LogP contribution in [-0.4, -0.2) is 44.6 Å². The molecule has 1 aliphatic heterocycles. The van der Waals surface area contributed by atoms with Crippen LogP contribution in [0.15, 0.2) is 21.8 Å². The Morgan fingerprint density at radius 3 is 2.46 bits per heavy atom. The zero-order chi connectivity index (χ0) is 18.0. The van der Waals surface area contributed by atoms with Crippen LogP contribution >= 0.6 is 15.9 Å². The Hall–Kier alpha value is -2.20. The maximum atomic E-state index is 13.8. The predicted molar refractivity (Wildman–Crippen MR) is 80.1 cm³/mol. The number of methoxy groups -OCH3 is 2. The molecule has 1 N–H and O–H groups in total. The molecular formula is C14H12BrF2NO6. The summed E-state index contributed by atoms with van der Waals surface area (Å²) in [5.74, 6) is -5.66. The van der Waals surface area contributed by atoms with E-state index in [0.29, 0.717) is 0 Å². The van der Waals surface area contributed by atoms with Crippen molar-refractivity contribution in [1.29, 1.82) is 0 Å². The molecule has 0 unspecified atom stereocenters. The minimum Gasteiger partial charge on any atom is -0.503 e. The Bertz CT molecular complexity index is 736. The third kappa shape index (κ3) is 3.06. The van der Waals surface area contributed by atoms with Crippen LogP contribution in [0.4, 0.5) is 14.5 Å². The van der Waals surface area contributed by atoms with Crippen LogP contribution in [-0.2, 0) is 23.8 Å². The number of phenolic OH excluding ortho intramolecular Hbond substituents is 1. The van der Waals surface area contributed by atoms with Gasteiger partial charge in [0.05, 0.1) is 36.6 Å². The lowest BCUT2D eigenvalue weighted by Gasteiger charge is -2.31. The van der Waals surface area contributed by atoms with Crippen molar-refractivity contribution < 1.29 is 37.7 Å². The number of aromatic hydroxyl groups is 1. The Balaban J connectivity index is 2.68. The van der Waals surface area contributed by atoms with Crippen molar-refractivity contribution in [2.45, 2.75) is 0 Å². The standard InChI is InChI=1S/C14H12BrF2NO6/c1-22-13(20)6-4-24-5-18(11(6)14(21)23-2)8-3-7(15)9(16)10(17)12(8)19/h3,19H,4-5H2,1-2H3. The van der Waals surface area contributed by atoms with E-state index >= 15 is 0 Å². The first-order valence-electron chi connectivity index (χ1n) is 6.45. The van der Waals surface area contributed by atoms with Gasteiger partial charge in [0.15, 0.2) is 11.6 Å². The summed E-state index contributed by atoms with van der Waals surface area (Å²) in [5, 5.41) is 9.89. The van der Waals surface area contributed by atoms with Crippen LogP contribution in [0.5, 0.6) is 5.75 Å². The van der Waals surface area contributed by atoms with Gasteiger partial charge in [-0.15, -0.1) is 0 Å². The number of phenols is 1. The molecule has 0 aliphatic carbocycles. The second-order valence-electron chi connectivity index (χ2n) is 4.57. The van der Waals surface area contributed by atoms with Gasteiger partial charge in [-0.1, -0.05) is 0 Å². The summed E-state index contributed by atoms with van der Waals surface area (Å²) in [6.07, 6.45) is 0. The van der Waals surface area contributed by atoms with Crippen LogP contribution in [0.3, 0.4) is 0 Å². The monoisotopic (exact) mass is 407 g/mol. The van der Waals surface area contributed by atoms with Crippen molar-refractivity contribution in [3.05, 3.63) is 33.4 Å². The highest BCUT2D eigenvalue weighted by molar-refractivity contribution is 9.10. The van der Waals surface area contributed by atoms with E-state index in [4.69, 9.17) is 4.74 Å². The molecule has 1 aliphatic rings. The second kappa shape index (κ2) is 7.14. The minimum atomic E-state index is -1.52. The lowest BCUT2D eigenvalue weighted by Crippen LogP contribution is -2.39. The first kappa shape index (κ1) is 18.1. The molecule has 0 fully saturated rings. The van der Waals surface area contributed by atoms with E-state index in [1.54, 1.807) is 0 Å². The molecule has 0 atom stereocenters. The fourth-order valence-electron chi connectivity index (χ4n) is 2.11. The van der Waals surface area contributed by atoms with E-state index in [0.717, 1.165) is 25.2 Å². The quantitative estimate of drug-likeness (QED) is 0.604. The van der Waals surface area contributed by atoms with E-state index in [-0.39, 0.29) is 34.8 Å². The number of carbonyl (C=O) groups is 2. The molecular weight excluding hydrogens is 396 g/mol. The molecule has 0 aromatic heterocycles. The molecule has 130 valence electrons. The van der Waals surface area contributed by atoms with Gasteiger partial charge >= 0.3 is 11.9 Å². The number of anilines is 1. The van der Waals surface area contributed by atoms with Crippen LogP contribution in [0, 0.1) is 11.6 Å². The Morgan fingerprint density at radius 2 is 1.88 bits per heavy atom. The van der Waals surface area contributed by atoms with Crippen LogP contribution in [0.25, 0.3) is 0 Å². The fourth-order valence-corrected chi connectivity index (χ4v) is 2.50. The van der Waals surface area contributed by atoms with Gasteiger partial charge in [0, 0.05) is 0 Å². The topological polar surface area (TPSA) is 85.3 Å². The maximum absolute atomic E-state index is 13.8. The van der Waals surface area contributed by atoms with Crippen LogP contribution < -0.4 is 4.90 Å². The maximum Gasteiger partial charge on any atom is 0.355 e. The molecule has 24 heavy (non-hydrogen) atoms. The van der Waals surface area contributed by atoms with Crippen molar-refractivity contribution in [3.8, 4) is 5.75 Å². The molecule has 0 bridgehead atoms. The number of ether oxygens (including phenoxy) is 3. The summed E-state index contributed by atoms with van der Waals surface area (Å²) in [6, 6.07) is 1.04. The van der Waals surface area contributed by atoms with Crippen molar-refractivity contribution in [2.75, 3.05) is 32.5 Å². The molecule has 0 amide bonds. The largest absolute Gasteiger partial charge is 0.503 e. The van der Waals surface area contributed by atoms with Gasteiger partial charge < -0.3 is 24.2 Å². The van der Waals surface area contributed by atoms with Crippen molar-refractivity contribution >= 4 is 33.6 Å². The molecule has 2 rings (SSSR count). The average Bonchev–Trinajstić information content (AvgIpc) is 2.60. The predicted octanol–water partition coefficient (Wildman–Crippen LogP) is 1.83. The molecule has 1 aromatic rings. The Kier molecular flexibility index (Phi) is 5.40. The first-order valence-corrected chi connectivity index (χ1v) is 7.24. The number of esters is 2. The molecule has 7 nitrogen and oxygen atoms in total. The zero-order valence-electron chi connectivity index (χ0n) is 12.6. The lowest BCUT2D eigenvalue weighted by molar-refractivity contribution is -0.140. The van der Waals surface area contributed by atoms with Gasteiger partial charge in [0.1, 0.15) is 12.4 Å². The summed E-state index contributed by atoms with van der Waals surface area (Å²) >= 11 is 2.81. The van der Waals surface area contributed by atoms with Gasteiger partial charge in [-0.2, -0.15) is 4.39 Å². The number of nitrogens with zero attached hydrogens (tertiary/aromatic N) is 1. The van der Waals surface area contributed by atoms with Gasteiger partial charge in [-0.05, 0) is 22.0 Å². The molecule has 0 spiro atoms. The summed E-state index contributed by atoms with van der Waals surface area (Å²) < 4.78 is 41.4. The zero-order valence-corrected chi connectivity index (χ0v) is 14.1. The van der Waals surface area contributed by atoms with Crippen molar-refractivity contribution in [2.24, 2.45) is 0 Å². The SMILES string of the molecule is COC(=O)C1=C(C(=O)OC)N(c2cc(Br)c(F)c(F)c2O)COC1. The lowest BCUT2D eigenvalue weighted by atomic mass is 10.1. The molecule has 1 aromatic carbocycles. The van der Waals surface area contributed by atoms with E-state index in [2.05, 4.69) is 25.4 Å². The van der Waals surface area contributed by atoms with Crippen LogP contribution in [0.2, 0.25) is 0 Å². The number of halogens is 3. The first-order chi connectivity index (χ1) is 11.3. The van der Waals surface area contributed by atoms with Gasteiger partial charge in [0.2, 0.25) is 5.82 Å². The van der Waals surface area contributed by atoms with E-state index in [1.165, 1.54) is 0 Å². The average molecular weight is 408 g/mol. The number of carbonyl (C=O) groups excluding carboxylic acids is 2. The second-order valence-corrected chi connectivity index (χ2v) is 5.42. The number of benzene rings is 1. The fraction of sp³-hybridized carbons (Fsp3) is 0.286. The summed E-state index contributed by atoms with van der Waals surface area (Å²) in [6.45, 7) is -0.560. The minimum absolute atomic E-state index is 0.184. The Labute approximate surface area is 143 Å². The number of hydrogen-bond donors (Lipinski definition) is 1. The Morgan fingerprint density at radius 1 is 1.25 bits per heavy atom. The van der Waals surface area contributed by atoms with Gasteiger partial charge in [0.25, 0.3) is 0 Å². The van der Waals surface area contributed by atoms with Crippen LogP contribution in [0.1, 0.15) is 0 Å². The van der Waals surface area contributed by atoms with Crippen molar-refractivity contribution in [3.63, 3.8) is 0 Å². The smallest absolute Gasteiger partial charge is 0.355 e. The van der Waals surface area contributed by atoms with Gasteiger partial charge in [-0.3, -0.25) is 0 Å². The number of rotatable bonds is 3. The summed E-state index contributed by atoms with van der Waals surface area (Å²) in [4.78, 5) is 24.9. The molecule has 0 saturated heterocycles. The summed E-state index contributed by atoms with van der Waals surface area (Å²) in [5.41, 5.74) is -0.776. The van der Waals surface area contributed by atoms with E-state index in [1.807, 2.05) is 0 Å². The number of hydrogen-bond acceptors (Lipinski definition) is 7. The highest BCUT2D eigenvalue weighted by Gasteiger charge is 2.34. The molecule has 0 saturated carbocycles. The van der Waals surface area contributed by atoms with E-state index in [9.17, 15) is 23.5 Å². The van der Waals surface area contributed by atoms with E-state index < -0.39 is 29.3 Å². The molecule has 10 heteroatoms. The molecule has 0 radical (unpaired) electrons. The normalized spacial score (nSPS) is 14.6.